The van der Waals surface area contributed by atoms with Gasteiger partial charge >= 0.3 is 0 Å². The van der Waals surface area contributed by atoms with Gasteiger partial charge in [-0.15, -0.1) is 0 Å². The van der Waals surface area contributed by atoms with Gasteiger partial charge in [-0.2, -0.15) is 0 Å². The second-order valence-corrected chi connectivity index (χ2v) is 13.7. The van der Waals surface area contributed by atoms with Gasteiger partial charge in [0.2, 0.25) is 0 Å². The quantitative estimate of drug-likeness (QED) is 0.135. The Hall–Kier alpha value is -5.37. The van der Waals surface area contributed by atoms with Gasteiger partial charge < -0.3 is 18.9 Å². The highest BCUT2D eigenvalue weighted by Gasteiger charge is 2.21. The van der Waals surface area contributed by atoms with E-state index in [0.717, 1.165) is 56.6 Å². The molecule has 0 spiro atoms. The highest BCUT2D eigenvalue weighted by Crippen LogP contribution is 2.42. The summed E-state index contributed by atoms with van der Waals surface area (Å²) in [6, 6.07) is 22.8. The molecule has 0 aliphatic heterocycles. The third-order valence-corrected chi connectivity index (χ3v) is 9.58. The number of nitrogens with zero attached hydrogens (tertiary/aromatic N) is 5. The molecule has 48 heavy (non-hydrogen) atoms. The lowest BCUT2D eigenvalue weighted by molar-refractivity contribution is 0.414. The van der Waals surface area contributed by atoms with E-state index in [1.807, 2.05) is 78.4 Å². The van der Waals surface area contributed by atoms with E-state index in [0.29, 0.717) is 35.1 Å². The average Bonchev–Trinajstić information content (AvgIpc) is 3.45. The minimum Gasteiger partial charge on any atom is -0.497 e. The lowest BCUT2D eigenvalue weighted by Gasteiger charge is -2.27. The Morgan fingerprint density at radius 1 is 0.875 bits per heavy atom. The molecule has 6 aromatic rings. The summed E-state index contributed by atoms with van der Waals surface area (Å²) in [5.41, 5.74) is 7.13. The average molecular weight is 678 g/mol. The lowest BCUT2D eigenvalue weighted by atomic mass is 10.0. The van der Waals surface area contributed by atoms with Crippen molar-refractivity contribution in [1.29, 1.82) is 0 Å². The molecule has 6 rings (SSSR count). The number of methoxy groups -OCH3 is 2. The summed E-state index contributed by atoms with van der Waals surface area (Å²) in [6.07, 6.45) is 8.08. The molecule has 3 aromatic carbocycles. The molecule has 0 N–H and O–H groups in total. The van der Waals surface area contributed by atoms with Crippen LogP contribution in [0, 0.1) is 13.5 Å². The third-order valence-electron chi connectivity index (χ3n) is 8.18. The smallest absolute Gasteiger partial charge is 0.192 e. The molecule has 3 heterocycles. The number of ether oxygens (including phenoxy) is 2. The van der Waals surface area contributed by atoms with E-state index in [1.54, 1.807) is 32.7 Å². The first-order chi connectivity index (χ1) is 23.1. The molecule has 0 saturated carbocycles. The molecule has 0 amide bonds. The van der Waals surface area contributed by atoms with E-state index in [4.69, 9.17) is 27.6 Å². The van der Waals surface area contributed by atoms with Gasteiger partial charge in [-0.05, 0) is 77.5 Å². The number of anilines is 1. The van der Waals surface area contributed by atoms with Crippen LogP contribution in [0.4, 0.5) is 11.4 Å². The summed E-state index contributed by atoms with van der Waals surface area (Å²) in [5.74, 6) is 1.54. The van der Waals surface area contributed by atoms with E-state index in [2.05, 4.69) is 19.7 Å². The van der Waals surface area contributed by atoms with Crippen LogP contribution >= 0.6 is 11.6 Å². The van der Waals surface area contributed by atoms with Crippen molar-refractivity contribution in [3.63, 3.8) is 0 Å². The van der Waals surface area contributed by atoms with Crippen molar-refractivity contribution in [2.24, 2.45) is 0 Å². The number of hydrogen-bond acceptors (Lipinski definition) is 7. The van der Waals surface area contributed by atoms with Gasteiger partial charge in [0.1, 0.15) is 11.5 Å². The Labute approximate surface area is 284 Å². The zero-order valence-electron chi connectivity index (χ0n) is 26.8. The number of benzene rings is 3. The molecule has 9 nitrogen and oxygen atoms in total. The van der Waals surface area contributed by atoms with E-state index in [1.165, 1.54) is 12.3 Å². The minimum atomic E-state index is -3.47. The van der Waals surface area contributed by atoms with Crippen molar-refractivity contribution >= 4 is 43.7 Å². The van der Waals surface area contributed by atoms with E-state index >= 15 is 0 Å². The van der Waals surface area contributed by atoms with Crippen LogP contribution in [0.25, 0.3) is 32.6 Å². The Bertz CT molecular complexity index is 2210. The van der Waals surface area contributed by atoms with Crippen molar-refractivity contribution < 1.29 is 17.9 Å². The molecular weight excluding hydrogens is 646 g/mol. The summed E-state index contributed by atoms with van der Waals surface area (Å²) < 4.78 is 36.8. The summed E-state index contributed by atoms with van der Waals surface area (Å²) in [4.78, 5) is 14.8. The number of fused-ring (bicyclic) bond motifs is 1. The van der Waals surface area contributed by atoms with E-state index in [9.17, 15) is 8.42 Å². The van der Waals surface area contributed by atoms with E-state index in [-0.39, 0.29) is 5.03 Å². The van der Waals surface area contributed by atoms with Crippen molar-refractivity contribution in [3.8, 4) is 28.3 Å². The number of sulfone groups is 1. The van der Waals surface area contributed by atoms with Crippen LogP contribution in [0.15, 0.2) is 103 Å². The Morgan fingerprint density at radius 2 is 1.50 bits per heavy atom. The number of halogens is 1. The fourth-order valence-corrected chi connectivity index (χ4v) is 6.50. The highest BCUT2D eigenvalue weighted by molar-refractivity contribution is 7.90. The van der Waals surface area contributed by atoms with Gasteiger partial charge in [-0.25, -0.2) is 18.2 Å². The molecule has 0 saturated heterocycles. The Kier molecular flexibility index (Phi) is 9.09. The molecule has 0 aliphatic carbocycles. The predicted molar refractivity (Wildman–Crippen MR) is 189 cm³/mol. The first-order valence-electron chi connectivity index (χ1n) is 14.9. The molecule has 0 bridgehead atoms. The number of hydrogen-bond donors (Lipinski definition) is 0. The van der Waals surface area contributed by atoms with Gasteiger partial charge in [-0.1, -0.05) is 35.9 Å². The molecular formula is C37H32ClN5O4S. The summed E-state index contributed by atoms with van der Waals surface area (Å²) >= 11 is 7.33. The Balaban J connectivity index is 1.49. The number of pyridine rings is 2. The normalized spacial score (nSPS) is 11.3. The molecule has 242 valence electrons. The van der Waals surface area contributed by atoms with Crippen LogP contribution in [0.1, 0.15) is 16.7 Å². The molecule has 0 radical (unpaired) electrons. The first kappa shape index (κ1) is 32.6. The molecule has 0 unspecified atom stereocenters. The number of rotatable bonds is 10. The van der Waals surface area contributed by atoms with E-state index < -0.39 is 9.84 Å². The van der Waals surface area contributed by atoms with Crippen molar-refractivity contribution in [2.75, 3.05) is 25.4 Å². The van der Waals surface area contributed by atoms with Crippen molar-refractivity contribution in [1.82, 2.24) is 14.5 Å². The second kappa shape index (κ2) is 13.4. The molecule has 0 aliphatic rings. The SMILES string of the molecule is [C-]#[N+]c1cc2c(-c3cncc(N(Cc4ccc(OC)cc4)Cc4ccc(OC)cc4)c3Cl)cn(-c3ccc(S(C)(=O)=O)nc3)c2cc1C. The summed E-state index contributed by atoms with van der Waals surface area (Å²) in [6.45, 7) is 10.8. The Morgan fingerprint density at radius 3 is 2.02 bits per heavy atom. The fourth-order valence-electron chi connectivity index (χ4n) is 5.62. The van der Waals surface area contributed by atoms with Gasteiger partial charge in [0.25, 0.3) is 0 Å². The van der Waals surface area contributed by atoms with Crippen LogP contribution in [0.3, 0.4) is 0 Å². The molecule has 11 heteroatoms. The highest BCUT2D eigenvalue weighted by atomic mass is 35.5. The maximum Gasteiger partial charge on any atom is 0.192 e. The minimum absolute atomic E-state index is 0.0110. The third kappa shape index (κ3) is 6.56. The number of aryl methyl sites for hydroxylation is 1. The van der Waals surface area contributed by atoms with Crippen molar-refractivity contribution in [3.05, 3.63) is 131 Å². The van der Waals surface area contributed by atoms with Crippen LogP contribution in [-0.2, 0) is 22.9 Å². The predicted octanol–water partition coefficient (Wildman–Crippen LogP) is 8.23. The van der Waals surface area contributed by atoms with Gasteiger partial charge in [-0.3, -0.25) is 4.98 Å². The zero-order chi connectivity index (χ0) is 34.0. The van der Waals surface area contributed by atoms with Crippen LogP contribution in [0.2, 0.25) is 5.02 Å². The molecule has 3 aromatic heterocycles. The molecule has 0 fully saturated rings. The van der Waals surface area contributed by atoms with Crippen LogP contribution in [-0.4, -0.2) is 43.4 Å². The number of aromatic nitrogens is 3. The second-order valence-electron chi connectivity index (χ2n) is 11.4. The maximum atomic E-state index is 12.1. The standard InChI is InChI=1S/C37H32ClN5O4S/c1-24-16-34-30(17-33(24)39-2)32(23-43(34)27-10-15-36(41-18-27)48(5,44)45)31-19-40-20-35(37(31)38)42(21-25-6-11-28(46-3)12-7-25)22-26-8-13-29(47-4)14-9-26/h6-20,23H,21-22H2,1,3-5H3. The van der Waals surface area contributed by atoms with Gasteiger partial charge in [0, 0.05) is 42.9 Å². The zero-order valence-corrected chi connectivity index (χ0v) is 28.4. The fraction of sp³-hybridized carbons (Fsp3) is 0.162. The van der Waals surface area contributed by atoms with Gasteiger partial charge in [0.15, 0.2) is 20.6 Å². The van der Waals surface area contributed by atoms with Gasteiger partial charge in [0.05, 0.1) is 55.1 Å². The van der Waals surface area contributed by atoms with Crippen LogP contribution < -0.4 is 14.4 Å². The monoisotopic (exact) mass is 677 g/mol. The largest absolute Gasteiger partial charge is 0.497 e. The van der Waals surface area contributed by atoms with Crippen LogP contribution in [0.5, 0.6) is 11.5 Å². The molecule has 0 atom stereocenters. The lowest BCUT2D eigenvalue weighted by Crippen LogP contribution is -2.22. The topological polar surface area (TPSA) is 90.9 Å². The summed E-state index contributed by atoms with van der Waals surface area (Å²) in [5, 5.41) is 1.29. The first-order valence-corrected chi connectivity index (χ1v) is 17.2. The van der Waals surface area contributed by atoms with Crippen molar-refractivity contribution in [2.45, 2.75) is 25.0 Å². The summed E-state index contributed by atoms with van der Waals surface area (Å²) in [7, 11) is -0.183. The maximum absolute atomic E-state index is 12.1.